The average molecular weight is 262 g/mol. The van der Waals surface area contributed by atoms with E-state index in [0.717, 1.165) is 4.90 Å². The third-order valence-corrected chi connectivity index (χ3v) is 2.28. The number of hydrogen-bond donors (Lipinski definition) is 1. The zero-order chi connectivity index (χ0) is 13.9. The topological polar surface area (TPSA) is 55.6 Å². The molecule has 0 atom stereocenters. The molecule has 0 saturated carbocycles. The second-order valence-corrected chi connectivity index (χ2v) is 3.74. The lowest BCUT2D eigenvalue weighted by molar-refractivity contribution is -0.119. The number of nitrogen functional groups attached to an aromatic ring is 1. The summed E-state index contributed by atoms with van der Waals surface area (Å²) in [6.45, 7) is -1.12. The van der Waals surface area contributed by atoms with Gasteiger partial charge in [0, 0.05) is 7.05 Å². The Morgan fingerprint density at radius 2 is 2.06 bits per heavy atom. The van der Waals surface area contributed by atoms with Crippen molar-refractivity contribution < 1.29 is 22.7 Å². The Morgan fingerprint density at radius 3 is 2.50 bits per heavy atom. The fraction of sp³-hybridized carbons (Fsp3) is 0.364. The van der Waals surface area contributed by atoms with Crippen LogP contribution in [0.3, 0.4) is 0 Å². The van der Waals surface area contributed by atoms with Gasteiger partial charge in [-0.1, -0.05) is 0 Å². The van der Waals surface area contributed by atoms with E-state index in [0.29, 0.717) is 0 Å². The fourth-order valence-corrected chi connectivity index (χ4v) is 1.50. The SMILES string of the molecule is COC(=O)c1ccc(N(C)CC(F)(F)F)c(N)c1. The van der Waals surface area contributed by atoms with Crippen molar-refractivity contribution in [3.05, 3.63) is 23.8 Å². The van der Waals surface area contributed by atoms with E-state index < -0.39 is 18.7 Å². The average Bonchev–Trinajstić information content (AvgIpc) is 2.25. The molecule has 0 aliphatic rings. The Hall–Kier alpha value is -1.92. The third kappa shape index (κ3) is 3.54. The predicted molar refractivity (Wildman–Crippen MR) is 61.5 cm³/mol. The molecule has 2 N–H and O–H groups in total. The van der Waals surface area contributed by atoms with Crippen molar-refractivity contribution in [3.63, 3.8) is 0 Å². The zero-order valence-electron chi connectivity index (χ0n) is 9.91. The summed E-state index contributed by atoms with van der Waals surface area (Å²) < 4.78 is 41.2. The molecule has 0 aromatic heterocycles. The zero-order valence-corrected chi connectivity index (χ0v) is 9.91. The van der Waals surface area contributed by atoms with Crippen molar-refractivity contribution in [2.24, 2.45) is 0 Å². The summed E-state index contributed by atoms with van der Waals surface area (Å²) in [5.41, 5.74) is 6.11. The fourth-order valence-electron chi connectivity index (χ4n) is 1.50. The molecule has 0 radical (unpaired) electrons. The maximum absolute atomic E-state index is 12.2. The van der Waals surface area contributed by atoms with Gasteiger partial charge in [-0.25, -0.2) is 4.79 Å². The minimum absolute atomic E-state index is 0.0876. The summed E-state index contributed by atoms with van der Waals surface area (Å²) in [7, 11) is 2.49. The molecule has 0 heterocycles. The van der Waals surface area contributed by atoms with Crippen molar-refractivity contribution in [2.75, 3.05) is 31.3 Å². The van der Waals surface area contributed by atoms with Gasteiger partial charge in [0.05, 0.1) is 24.0 Å². The second kappa shape index (κ2) is 5.16. The number of methoxy groups -OCH3 is 1. The first-order chi connectivity index (χ1) is 8.24. The molecule has 0 spiro atoms. The van der Waals surface area contributed by atoms with Crippen LogP contribution in [-0.2, 0) is 4.74 Å². The number of nitrogens with two attached hydrogens (primary N) is 1. The molecule has 0 aliphatic carbocycles. The highest BCUT2D eigenvalue weighted by Gasteiger charge is 2.30. The minimum atomic E-state index is -4.32. The van der Waals surface area contributed by atoms with E-state index in [1.54, 1.807) is 0 Å². The lowest BCUT2D eigenvalue weighted by Gasteiger charge is -2.22. The van der Waals surface area contributed by atoms with Gasteiger partial charge in [0.1, 0.15) is 6.54 Å². The maximum atomic E-state index is 12.2. The van der Waals surface area contributed by atoms with Gasteiger partial charge in [0.2, 0.25) is 0 Å². The number of esters is 1. The molecular weight excluding hydrogens is 249 g/mol. The van der Waals surface area contributed by atoms with Crippen LogP contribution in [0.15, 0.2) is 18.2 Å². The minimum Gasteiger partial charge on any atom is -0.465 e. The van der Waals surface area contributed by atoms with Crippen molar-refractivity contribution in [2.45, 2.75) is 6.18 Å². The summed E-state index contributed by atoms with van der Waals surface area (Å²) in [6, 6.07) is 4.01. The summed E-state index contributed by atoms with van der Waals surface area (Å²) in [5.74, 6) is -0.591. The molecule has 0 fully saturated rings. The van der Waals surface area contributed by atoms with Crippen LogP contribution in [0, 0.1) is 0 Å². The van der Waals surface area contributed by atoms with Crippen molar-refractivity contribution in [1.29, 1.82) is 0 Å². The highest BCUT2D eigenvalue weighted by atomic mass is 19.4. The van der Waals surface area contributed by atoms with E-state index in [2.05, 4.69) is 4.74 Å². The van der Waals surface area contributed by atoms with E-state index in [1.165, 1.54) is 32.4 Å². The lowest BCUT2D eigenvalue weighted by Crippen LogP contribution is -2.31. The van der Waals surface area contributed by atoms with Gasteiger partial charge in [-0.05, 0) is 18.2 Å². The number of nitrogens with zero attached hydrogens (tertiary/aromatic N) is 1. The standard InChI is InChI=1S/C11H13F3N2O2/c1-16(6-11(12,13)14)9-4-3-7(5-8(9)15)10(17)18-2/h3-5H,6,15H2,1-2H3. The summed E-state index contributed by atoms with van der Waals surface area (Å²) in [6.07, 6.45) is -4.32. The number of ether oxygens (including phenoxy) is 1. The first-order valence-corrected chi connectivity index (χ1v) is 5.00. The number of anilines is 2. The van der Waals surface area contributed by atoms with Crippen LogP contribution in [0.4, 0.5) is 24.5 Å². The molecule has 0 amide bonds. The molecular formula is C11H13F3N2O2. The summed E-state index contributed by atoms with van der Waals surface area (Å²) in [5, 5.41) is 0. The Bertz CT molecular complexity index is 446. The maximum Gasteiger partial charge on any atom is 0.405 e. The third-order valence-electron chi connectivity index (χ3n) is 2.28. The Morgan fingerprint density at radius 1 is 1.44 bits per heavy atom. The van der Waals surface area contributed by atoms with Gasteiger partial charge in [-0.2, -0.15) is 13.2 Å². The quantitative estimate of drug-likeness (QED) is 0.669. The van der Waals surface area contributed by atoms with Crippen molar-refractivity contribution in [3.8, 4) is 0 Å². The summed E-state index contributed by atoms with van der Waals surface area (Å²) in [4.78, 5) is 12.2. The van der Waals surface area contributed by atoms with Crippen molar-refractivity contribution in [1.82, 2.24) is 0 Å². The van der Waals surface area contributed by atoms with E-state index in [1.807, 2.05) is 0 Å². The Balaban J connectivity index is 2.95. The molecule has 1 aromatic rings. The van der Waals surface area contributed by atoms with Crippen molar-refractivity contribution >= 4 is 17.3 Å². The predicted octanol–water partition coefficient (Wildman–Crippen LogP) is 2.05. The number of carbonyl (C=O) groups excluding carboxylic acids is 1. The molecule has 7 heteroatoms. The van der Waals surface area contributed by atoms with Crippen LogP contribution >= 0.6 is 0 Å². The number of alkyl halides is 3. The summed E-state index contributed by atoms with van der Waals surface area (Å²) >= 11 is 0. The molecule has 0 unspecified atom stereocenters. The highest BCUT2D eigenvalue weighted by Crippen LogP contribution is 2.26. The highest BCUT2D eigenvalue weighted by molar-refractivity contribution is 5.91. The van der Waals surface area contributed by atoms with Gasteiger partial charge in [0.25, 0.3) is 0 Å². The molecule has 18 heavy (non-hydrogen) atoms. The number of rotatable bonds is 3. The second-order valence-electron chi connectivity index (χ2n) is 3.74. The molecule has 0 aliphatic heterocycles. The molecule has 0 saturated heterocycles. The molecule has 4 nitrogen and oxygen atoms in total. The normalized spacial score (nSPS) is 11.2. The van der Waals surface area contributed by atoms with Gasteiger partial charge in [0.15, 0.2) is 0 Å². The Kier molecular flexibility index (Phi) is 4.05. The molecule has 100 valence electrons. The molecule has 1 rings (SSSR count). The van der Waals surface area contributed by atoms with Gasteiger partial charge < -0.3 is 15.4 Å². The van der Waals surface area contributed by atoms with E-state index in [-0.39, 0.29) is 16.9 Å². The van der Waals surface area contributed by atoms with Gasteiger partial charge >= 0.3 is 12.1 Å². The van der Waals surface area contributed by atoms with Crippen LogP contribution in [0.1, 0.15) is 10.4 Å². The first kappa shape index (κ1) is 14.1. The number of hydrogen-bond acceptors (Lipinski definition) is 4. The first-order valence-electron chi connectivity index (χ1n) is 5.00. The number of carbonyl (C=O) groups is 1. The van der Waals surface area contributed by atoms with E-state index >= 15 is 0 Å². The number of halogens is 3. The van der Waals surface area contributed by atoms with E-state index in [4.69, 9.17) is 5.73 Å². The van der Waals surface area contributed by atoms with Crippen LogP contribution in [0.25, 0.3) is 0 Å². The smallest absolute Gasteiger partial charge is 0.405 e. The largest absolute Gasteiger partial charge is 0.465 e. The van der Waals surface area contributed by atoms with Crippen LogP contribution in [0.5, 0.6) is 0 Å². The van der Waals surface area contributed by atoms with Crippen LogP contribution in [0.2, 0.25) is 0 Å². The Labute approximate surface area is 102 Å². The van der Waals surface area contributed by atoms with E-state index in [9.17, 15) is 18.0 Å². The molecule has 1 aromatic carbocycles. The van der Waals surface area contributed by atoms with Gasteiger partial charge in [-0.3, -0.25) is 0 Å². The monoisotopic (exact) mass is 262 g/mol. The van der Waals surface area contributed by atoms with Crippen LogP contribution in [-0.4, -0.2) is 32.8 Å². The molecule has 0 bridgehead atoms. The lowest BCUT2D eigenvalue weighted by atomic mass is 10.1. The van der Waals surface area contributed by atoms with Gasteiger partial charge in [-0.15, -0.1) is 0 Å². The van der Waals surface area contributed by atoms with Crippen LogP contribution < -0.4 is 10.6 Å². The number of benzene rings is 1.